The van der Waals surface area contributed by atoms with Crippen LogP contribution in [-0.4, -0.2) is 6.26 Å². The molecule has 1 nitrogen and oxygen atoms in total. The van der Waals surface area contributed by atoms with Crippen LogP contribution in [0.1, 0.15) is 11.1 Å². The van der Waals surface area contributed by atoms with Crippen LogP contribution in [0.5, 0.6) is 0 Å². The van der Waals surface area contributed by atoms with Gasteiger partial charge in [-0.2, -0.15) is 0 Å². The van der Waals surface area contributed by atoms with Crippen molar-refractivity contribution in [2.75, 3.05) is 6.26 Å². The fourth-order valence-electron chi connectivity index (χ4n) is 2.16. The SMILES string of the molecule is CSc1ccc(Cc2cccc3ccoc23)cc1. The van der Waals surface area contributed by atoms with E-state index in [9.17, 15) is 0 Å². The summed E-state index contributed by atoms with van der Waals surface area (Å²) in [5.41, 5.74) is 3.57. The molecular weight excluding hydrogens is 240 g/mol. The summed E-state index contributed by atoms with van der Waals surface area (Å²) >= 11 is 1.77. The van der Waals surface area contributed by atoms with Crippen LogP contribution in [0.4, 0.5) is 0 Å². The quantitative estimate of drug-likeness (QED) is 0.626. The van der Waals surface area contributed by atoms with Crippen LogP contribution in [0.25, 0.3) is 11.0 Å². The first-order valence-corrected chi connectivity index (χ1v) is 7.17. The highest BCUT2D eigenvalue weighted by Crippen LogP contribution is 2.23. The minimum atomic E-state index is 0.916. The summed E-state index contributed by atoms with van der Waals surface area (Å²) in [6.07, 6.45) is 4.77. The molecule has 0 aliphatic heterocycles. The number of thioether (sulfide) groups is 1. The highest BCUT2D eigenvalue weighted by Gasteiger charge is 2.04. The van der Waals surface area contributed by atoms with Crippen LogP contribution in [0, 0.1) is 0 Å². The van der Waals surface area contributed by atoms with E-state index in [1.54, 1.807) is 18.0 Å². The van der Waals surface area contributed by atoms with E-state index in [1.165, 1.54) is 21.4 Å². The van der Waals surface area contributed by atoms with E-state index < -0.39 is 0 Å². The van der Waals surface area contributed by atoms with Gasteiger partial charge in [-0.15, -0.1) is 11.8 Å². The molecule has 1 heterocycles. The van der Waals surface area contributed by atoms with Crippen molar-refractivity contribution in [1.29, 1.82) is 0 Å². The fraction of sp³-hybridized carbons (Fsp3) is 0.125. The van der Waals surface area contributed by atoms with Crippen LogP contribution in [-0.2, 0) is 6.42 Å². The van der Waals surface area contributed by atoms with Gasteiger partial charge in [-0.05, 0) is 35.6 Å². The van der Waals surface area contributed by atoms with Crippen molar-refractivity contribution in [3.63, 3.8) is 0 Å². The third-order valence-electron chi connectivity index (χ3n) is 3.11. The van der Waals surface area contributed by atoms with Crippen LogP contribution >= 0.6 is 11.8 Å². The van der Waals surface area contributed by atoms with E-state index in [2.05, 4.69) is 48.7 Å². The number of rotatable bonds is 3. The standard InChI is InChI=1S/C16H14OS/c1-18-15-7-5-12(6-8-15)11-14-4-2-3-13-9-10-17-16(13)14/h2-10H,11H2,1H3. The van der Waals surface area contributed by atoms with Crippen molar-refractivity contribution >= 4 is 22.7 Å². The molecule has 3 aromatic rings. The van der Waals surface area contributed by atoms with Gasteiger partial charge in [0.25, 0.3) is 0 Å². The molecule has 0 fully saturated rings. The van der Waals surface area contributed by atoms with Crippen LogP contribution in [0.2, 0.25) is 0 Å². The van der Waals surface area contributed by atoms with E-state index in [-0.39, 0.29) is 0 Å². The lowest BCUT2D eigenvalue weighted by molar-refractivity contribution is 0.612. The lowest BCUT2D eigenvalue weighted by Crippen LogP contribution is -1.88. The molecule has 0 bridgehead atoms. The molecule has 0 saturated heterocycles. The summed E-state index contributed by atoms with van der Waals surface area (Å²) in [6, 6.07) is 17.0. The number of hydrogen-bond acceptors (Lipinski definition) is 2. The zero-order valence-corrected chi connectivity index (χ0v) is 11.0. The summed E-state index contributed by atoms with van der Waals surface area (Å²) in [5.74, 6) is 0. The van der Waals surface area contributed by atoms with Gasteiger partial charge in [-0.25, -0.2) is 0 Å². The number of furan rings is 1. The van der Waals surface area contributed by atoms with Crippen LogP contribution in [0.15, 0.2) is 64.1 Å². The Hall–Kier alpha value is -1.67. The first-order chi connectivity index (χ1) is 8.86. The second kappa shape index (κ2) is 4.91. The second-order valence-corrected chi connectivity index (χ2v) is 5.16. The Balaban J connectivity index is 1.93. The Morgan fingerprint density at radius 1 is 1.00 bits per heavy atom. The number of para-hydroxylation sites is 1. The maximum absolute atomic E-state index is 5.56. The first-order valence-electron chi connectivity index (χ1n) is 5.95. The Bertz CT molecular complexity index is 652. The summed E-state index contributed by atoms with van der Waals surface area (Å²) in [7, 11) is 0. The van der Waals surface area contributed by atoms with Crippen molar-refractivity contribution in [3.8, 4) is 0 Å². The normalized spacial score (nSPS) is 10.9. The lowest BCUT2D eigenvalue weighted by atomic mass is 10.0. The zero-order chi connectivity index (χ0) is 12.4. The van der Waals surface area contributed by atoms with E-state index in [0.29, 0.717) is 0 Å². The van der Waals surface area contributed by atoms with Crippen molar-refractivity contribution in [2.24, 2.45) is 0 Å². The molecule has 0 aliphatic rings. The highest BCUT2D eigenvalue weighted by molar-refractivity contribution is 7.98. The maximum Gasteiger partial charge on any atom is 0.137 e. The topological polar surface area (TPSA) is 13.1 Å². The van der Waals surface area contributed by atoms with Gasteiger partial charge < -0.3 is 4.42 Å². The Kier molecular flexibility index (Phi) is 3.11. The fourth-order valence-corrected chi connectivity index (χ4v) is 2.57. The highest BCUT2D eigenvalue weighted by atomic mass is 32.2. The van der Waals surface area contributed by atoms with Crippen LogP contribution in [0.3, 0.4) is 0 Å². The van der Waals surface area contributed by atoms with Gasteiger partial charge in [-0.3, -0.25) is 0 Å². The molecule has 0 amide bonds. The van der Waals surface area contributed by atoms with Crippen molar-refractivity contribution < 1.29 is 4.42 Å². The maximum atomic E-state index is 5.56. The summed E-state index contributed by atoms with van der Waals surface area (Å²) in [4.78, 5) is 1.30. The Labute approximate surface area is 111 Å². The summed E-state index contributed by atoms with van der Waals surface area (Å²) in [6.45, 7) is 0. The number of hydrogen-bond donors (Lipinski definition) is 0. The largest absolute Gasteiger partial charge is 0.464 e. The zero-order valence-electron chi connectivity index (χ0n) is 10.2. The van der Waals surface area contributed by atoms with Gasteiger partial charge in [0.15, 0.2) is 0 Å². The molecular formula is C16H14OS. The van der Waals surface area contributed by atoms with Crippen molar-refractivity contribution in [1.82, 2.24) is 0 Å². The Morgan fingerprint density at radius 3 is 2.61 bits per heavy atom. The molecule has 2 aromatic carbocycles. The number of fused-ring (bicyclic) bond motifs is 1. The van der Waals surface area contributed by atoms with Crippen molar-refractivity contribution in [2.45, 2.75) is 11.3 Å². The molecule has 0 spiro atoms. The second-order valence-electron chi connectivity index (χ2n) is 4.28. The third kappa shape index (κ3) is 2.16. The molecule has 0 aliphatic carbocycles. The number of benzene rings is 2. The smallest absolute Gasteiger partial charge is 0.137 e. The molecule has 0 atom stereocenters. The molecule has 90 valence electrons. The van der Waals surface area contributed by atoms with Crippen LogP contribution < -0.4 is 0 Å². The van der Waals surface area contributed by atoms with Gasteiger partial charge in [0.05, 0.1) is 6.26 Å². The van der Waals surface area contributed by atoms with E-state index in [1.807, 2.05) is 6.07 Å². The third-order valence-corrected chi connectivity index (χ3v) is 3.86. The lowest BCUT2D eigenvalue weighted by Gasteiger charge is -2.04. The van der Waals surface area contributed by atoms with Crippen molar-refractivity contribution in [3.05, 3.63) is 65.9 Å². The van der Waals surface area contributed by atoms with Gasteiger partial charge >= 0.3 is 0 Å². The first kappa shape index (κ1) is 11.4. The van der Waals surface area contributed by atoms with E-state index in [4.69, 9.17) is 4.42 Å². The van der Waals surface area contributed by atoms with Gasteiger partial charge in [0.1, 0.15) is 5.58 Å². The predicted octanol–water partition coefficient (Wildman–Crippen LogP) is 4.75. The molecule has 3 rings (SSSR count). The van der Waals surface area contributed by atoms with Gasteiger partial charge in [-0.1, -0.05) is 30.3 Å². The minimum absolute atomic E-state index is 0.916. The Morgan fingerprint density at radius 2 is 1.83 bits per heavy atom. The average Bonchev–Trinajstić information content (AvgIpc) is 2.89. The van der Waals surface area contributed by atoms with E-state index >= 15 is 0 Å². The molecule has 0 unspecified atom stereocenters. The molecule has 0 radical (unpaired) electrons. The van der Waals surface area contributed by atoms with Gasteiger partial charge in [0, 0.05) is 16.7 Å². The summed E-state index contributed by atoms with van der Waals surface area (Å²) in [5, 5.41) is 1.17. The molecule has 1 aromatic heterocycles. The van der Waals surface area contributed by atoms with E-state index in [0.717, 1.165) is 12.0 Å². The average molecular weight is 254 g/mol. The molecule has 0 saturated carbocycles. The minimum Gasteiger partial charge on any atom is -0.464 e. The van der Waals surface area contributed by atoms with Gasteiger partial charge in [0.2, 0.25) is 0 Å². The molecule has 18 heavy (non-hydrogen) atoms. The molecule has 0 N–H and O–H groups in total. The monoisotopic (exact) mass is 254 g/mol. The molecule has 2 heteroatoms. The predicted molar refractivity (Wildman–Crippen MR) is 77.2 cm³/mol. The summed E-state index contributed by atoms with van der Waals surface area (Å²) < 4.78 is 5.56.